The molecule has 0 N–H and O–H groups in total. The molecule has 1 saturated carbocycles. The van der Waals surface area contributed by atoms with Gasteiger partial charge in [-0.1, -0.05) is 37.0 Å². The molecule has 2 atom stereocenters. The number of esters is 1. The third-order valence-electron chi connectivity index (χ3n) is 4.56. The predicted octanol–water partition coefficient (Wildman–Crippen LogP) is 5.65. The van der Waals surface area contributed by atoms with Crippen LogP contribution in [-0.2, 0) is 27.5 Å². The number of allylic oxidation sites excluding steroid dienone is 1. The maximum atomic E-state index is 14.2. The molecule has 1 aliphatic rings. The fourth-order valence-electron chi connectivity index (χ4n) is 2.93. The second kappa shape index (κ2) is 8.09. The number of hydrogen-bond donors (Lipinski definition) is 0. The molecule has 0 heterocycles. The van der Waals surface area contributed by atoms with Crippen molar-refractivity contribution in [3.8, 4) is 0 Å². The van der Waals surface area contributed by atoms with Crippen LogP contribution in [0.2, 0.25) is 0 Å². The largest absolute Gasteiger partial charge is 0.460 e. The Hall–Kier alpha value is -0.760. The lowest BCUT2D eigenvalue weighted by atomic mass is 10.1. The van der Waals surface area contributed by atoms with Crippen molar-refractivity contribution in [1.29, 1.82) is 0 Å². The van der Waals surface area contributed by atoms with Gasteiger partial charge in [-0.3, -0.25) is 4.79 Å². The summed E-state index contributed by atoms with van der Waals surface area (Å²) in [7, 11) is 1.23. The molecule has 2 unspecified atom stereocenters. The van der Waals surface area contributed by atoms with Crippen molar-refractivity contribution in [1.82, 2.24) is 0 Å². The Balaban J connectivity index is 2.18. The lowest BCUT2D eigenvalue weighted by Gasteiger charge is -2.13. The van der Waals surface area contributed by atoms with Gasteiger partial charge >= 0.3 is 5.97 Å². The molecule has 1 aromatic carbocycles. The fourth-order valence-corrected chi connectivity index (χ4v) is 3.73. The van der Waals surface area contributed by atoms with Gasteiger partial charge in [-0.05, 0) is 33.3 Å². The van der Waals surface area contributed by atoms with Crippen molar-refractivity contribution in [3.05, 3.63) is 43.6 Å². The van der Waals surface area contributed by atoms with Crippen LogP contribution in [-0.4, -0.2) is 13.1 Å². The SMILES string of the molecule is COCc1c(F)c(F)c(COC(=O)C2C(C=C(Cl)Cl)C2(C)C)c(Br)c1F. The van der Waals surface area contributed by atoms with Crippen LogP contribution in [0.4, 0.5) is 13.2 Å². The molecule has 2 rings (SSSR count). The molecule has 0 bridgehead atoms. The van der Waals surface area contributed by atoms with Gasteiger partial charge in [-0.2, -0.15) is 0 Å². The molecule has 0 amide bonds. The van der Waals surface area contributed by atoms with Gasteiger partial charge < -0.3 is 9.47 Å². The van der Waals surface area contributed by atoms with E-state index in [0.717, 1.165) is 0 Å². The van der Waals surface area contributed by atoms with E-state index in [0.29, 0.717) is 0 Å². The van der Waals surface area contributed by atoms with E-state index in [9.17, 15) is 18.0 Å². The minimum absolute atomic E-state index is 0.0324. The first-order valence-corrected chi connectivity index (χ1v) is 9.11. The molecule has 9 heteroatoms. The number of halogens is 6. The Labute approximate surface area is 167 Å². The summed E-state index contributed by atoms with van der Waals surface area (Å²) in [5.41, 5.74) is -1.40. The topological polar surface area (TPSA) is 35.5 Å². The van der Waals surface area contributed by atoms with Gasteiger partial charge in [0.2, 0.25) is 0 Å². The number of carbonyl (C=O) groups is 1. The normalized spacial score (nSPS) is 20.7. The number of benzene rings is 1. The van der Waals surface area contributed by atoms with E-state index < -0.39 is 59.1 Å². The molecule has 3 nitrogen and oxygen atoms in total. The fraction of sp³-hybridized carbons (Fsp3) is 0.471. The zero-order valence-corrected chi connectivity index (χ0v) is 17.2. The van der Waals surface area contributed by atoms with E-state index in [1.807, 2.05) is 13.8 Å². The highest BCUT2D eigenvalue weighted by Crippen LogP contribution is 2.60. The van der Waals surface area contributed by atoms with Crippen LogP contribution in [0.15, 0.2) is 15.0 Å². The van der Waals surface area contributed by atoms with Gasteiger partial charge in [-0.15, -0.1) is 0 Å². The predicted molar refractivity (Wildman–Crippen MR) is 95.1 cm³/mol. The molecule has 0 spiro atoms. The summed E-state index contributed by atoms with van der Waals surface area (Å²) in [6.07, 6.45) is 1.53. The monoisotopic (exact) mass is 474 g/mol. The number of ether oxygens (including phenoxy) is 2. The first kappa shape index (κ1) is 21.5. The third kappa shape index (κ3) is 4.06. The highest BCUT2D eigenvalue weighted by Gasteiger charge is 2.61. The molecule has 144 valence electrons. The summed E-state index contributed by atoms with van der Waals surface area (Å²) >= 11 is 14.1. The highest BCUT2D eigenvalue weighted by molar-refractivity contribution is 9.10. The second-order valence-corrected chi connectivity index (χ2v) is 8.34. The molecule has 0 aromatic heterocycles. The zero-order chi connectivity index (χ0) is 19.8. The lowest BCUT2D eigenvalue weighted by molar-refractivity contribution is -0.147. The van der Waals surface area contributed by atoms with Crippen molar-refractivity contribution in [3.63, 3.8) is 0 Å². The van der Waals surface area contributed by atoms with Crippen molar-refractivity contribution < 1.29 is 27.4 Å². The molecular weight excluding hydrogens is 460 g/mol. The summed E-state index contributed by atoms with van der Waals surface area (Å²) in [4.78, 5) is 12.3. The Bertz CT molecular complexity index is 735. The lowest BCUT2D eigenvalue weighted by Crippen LogP contribution is -2.13. The van der Waals surface area contributed by atoms with Crippen molar-refractivity contribution in [2.75, 3.05) is 7.11 Å². The molecule has 1 aliphatic carbocycles. The maximum Gasteiger partial charge on any atom is 0.310 e. The van der Waals surface area contributed by atoms with Gasteiger partial charge in [0.1, 0.15) is 16.9 Å². The van der Waals surface area contributed by atoms with Crippen LogP contribution in [0.1, 0.15) is 25.0 Å². The Kier molecular flexibility index (Phi) is 6.70. The Morgan fingerprint density at radius 3 is 2.27 bits per heavy atom. The van der Waals surface area contributed by atoms with Crippen LogP contribution in [0, 0.1) is 34.7 Å². The van der Waals surface area contributed by atoms with Gasteiger partial charge in [0.05, 0.1) is 22.6 Å². The van der Waals surface area contributed by atoms with E-state index >= 15 is 0 Å². The van der Waals surface area contributed by atoms with Crippen molar-refractivity contribution in [2.45, 2.75) is 27.1 Å². The van der Waals surface area contributed by atoms with Crippen LogP contribution in [0.3, 0.4) is 0 Å². The number of hydrogen-bond acceptors (Lipinski definition) is 3. The number of methoxy groups -OCH3 is 1. The average Bonchev–Trinajstić information content (AvgIpc) is 3.09. The van der Waals surface area contributed by atoms with Gasteiger partial charge in [0, 0.05) is 12.7 Å². The van der Waals surface area contributed by atoms with Gasteiger partial charge in [0.25, 0.3) is 0 Å². The zero-order valence-electron chi connectivity index (χ0n) is 14.1. The van der Waals surface area contributed by atoms with E-state index in [1.165, 1.54) is 13.2 Å². The molecular formula is C17H16BrCl2F3O3. The third-order valence-corrected chi connectivity index (χ3v) is 5.64. The van der Waals surface area contributed by atoms with E-state index in [4.69, 9.17) is 27.9 Å². The van der Waals surface area contributed by atoms with E-state index in [2.05, 4.69) is 20.7 Å². The van der Waals surface area contributed by atoms with Gasteiger partial charge in [-0.25, -0.2) is 13.2 Å². The summed E-state index contributed by atoms with van der Waals surface area (Å²) in [6, 6.07) is 0. The molecule has 26 heavy (non-hydrogen) atoms. The van der Waals surface area contributed by atoms with Crippen LogP contribution < -0.4 is 0 Å². The smallest absolute Gasteiger partial charge is 0.310 e. The van der Waals surface area contributed by atoms with Crippen LogP contribution in [0.25, 0.3) is 0 Å². The summed E-state index contributed by atoms with van der Waals surface area (Å²) in [5.74, 6) is -5.06. The van der Waals surface area contributed by atoms with E-state index in [1.54, 1.807) is 0 Å². The summed E-state index contributed by atoms with van der Waals surface area (Å²) < 4.78 is 51.9. The molecule has 0 saturated heterocycles. The van der Waals surface area contributed by atoms with Crippen molar-refractivity contribution in [2.24, 2.45) is 17.3 Å². The molecule has 0 radical (unpaired) electrons. The number of rotatable bonds is 6. The maximum absolute atomic E-state index is 14.2. The van der Waals surface area contributed by atoms with E-state index in [-0.39, 0.29) is 14.9 Å². The summed E-state index contributed by atoms with van der Waals surface area (Å²) in [5, 5.41) is 0. The number of carbonyl (C=O) groups excluding carboxylic acids is 1. The summed E-state index contributed by atoms with van der Waals surface area (Å²) in [6.45, 7) is 2.60. The second-order valence-electron chi connectivity index (χ2n) is 6.53. The first-order valence-electron chi connectivity index (χ1n) is 7.56. The molecule has 1 fully saturated rings. The van der Waals surface area contributed by atoms with Crippen LogP contribution >= 0.6 is 39.1 Å². The Morgan fingerprint density at radius 2 is 1.73 bits per heavy atom. The molecule has 1 aromatic rings. The highest BCUT2D eigenvalue weighted by atomic mass is 79.9. The standard InChI is InChI=1S/C17H16BrCl2F3O3/c1-17(2)9(4-10(19)20)11(17)16(24)26-6-7-12(18)13(21)8(5-25-3)15(23)14(7)22/h4,9,11H,5-6H2,1-3H3. The quantitative estimate of drug-likeness (QED) is 0.394. The Morgan fingerprint density at radius 1 is 1.15 bits per heavy atom. The van der Waals surface area contributed by atoms with Gasteiger partial charge in [0.15, 0.2) is 11.6 Å². The van der Waals surface area contributed by atoms with Crippen LogP contribution in [0.5, 0.6) is 0 Å². The van der Waals surface area contributed by atoms with Crippen molar-refractivity contribution >= 4 is 45.1 Å². The minimum Gasteiger partial charge on any atom is -0.460 e. The molecule has 0 aliphatic heterocycles. The minimum atomic E-state index is -1.37. The first-order chi connectivity index (χ1) is 12.0. The average molecular weight is 476 g/mol.